The van der Waals surface area contributed by atoms with E-state index < -0.39 is 12.0 Å². The molecule has 0 unspecified atom stereocenters. The maximum Gasteiger partial charge on any atom is 0.407 e. The minimum atomic E-state index is -0.981. The van der Waals surface area contributed by atoms with Crippen LogP contribution in [-0.4, -0.2) is 36.4 Å². The standard InChI is InChI=1S/C23H46N2O4/c1-2-3-4-5-6-7-8-9-10-11-12-13-14-17-20-29-23(28)25-19-16-15-18-21(24)22(26)27/h21H,2-20,24H2,1H3,(H,25,28)(H,26,27)/t21-/m0/s1. The third kappa shape index (κ3) is 21.2. The number of carbonyl (C=O) groups excluding carboxylic acids is 1. The Morgan fingerprint density at radius 3 is 1.76 bits per heavy atom. The van der Waals surface area contributed by atoms with Crippen LogP contribution in [0.25, 0.3) is 0 Å². The molecule has 0 heterocycles. The predicted molar refractivity (Wildman–Crippen MR) is 119 cm³/mol. The van der Waals surface area contributed by atoms with E-state index >= 15 is 0 Å². The summed E-state index contributed by atoms with van der Waals surface area (Å²) >= 11 is 0. The van der Waals surface area contributed by atoms with Crippen molar-refractivity contribution in [3.05, 3.63) is 0 Å². The van der Waals surface area contributed by atoms with Crippen molar-refractivity contribution in [1.82, 2.24) is 5.32 Å². The molecule has 6 heteroatoms. The van der Waals surface area contributed by atoms with Gasteiger partial charge in [-0.3, -0.25) is 4.79 Å². The molecular weight excluding hydrogens is 368 g/mol. The number of nitrogens with two attached hydrogens (primary N) is 1. The zero-order valence-electron chi connectivity index (χ0n) is 18.8. The fourth-order valence-corrected chi connectivity index (χ4v) is 3.32. The molecule has 0 aromatic heterocycles. The normalized spacial score (nSPS) is 11.9. The van der Waals surface area contributed by atoms with Gasteiger partial charge in [-0.15, -0.1) is 0 Å². The van der Waals surface area contributed by atoms with E-state index in [2.05, 4.69) is 12.2 Å². The number of carbonyl (C=O) groups is 2. The highest BCUT2D eigenvalue weighted by molar-refractivity contribution is 5.72. The van der Waals surface area contributed by atoms with Crippen LogP contribution in [0, 0.1) is 0 Å². The maximum absolute atomic E-state index is 11.5. The Labute approximate surface area is 178 Å². The Hall–Kier alpha value is -1.30. The minimum Gasteiger partial charge on any atom is -0.480 e. The molecule has 0 aromatic carbocycles. The Bertz CT molecular complexity index is 391. The lowest BCUT2D eigenvalue weighted by Gasteiger charge is -2.08. The highest BCUT2D eigenvalue weighted by Crippen LogP contribution is 2.12. The Morgan fingerprint density at radius 2 is 1.28 bits per heavy atom. The summed E-state index contributed by atoms with van der Waals surface area (Å²) in [7, 11) is 0. The molecule has 0 spiro atoms. The summed E-state index contributed by atoms with van der Waals surface area (Å²) in [6.07, 6.45) is 19.7. The highest BCUT2D eigenvalue weighted by atomic mass is 16.5. The van der Waals surface area contributed by atoms with Crippen molar-refractivity contribution in [3.8, 4) is 0 Å². The summed E-state index contributed by atoms with van der Waals surface area (Å²) in [6, 6.07) is -0.817. The molecule has 0 aliphatic rings. The molecule has 0 aliphatic carbocycles. The quantitative estimate of drug-likeness (QED) is 0.207. The summed E-state index contributed by atoms with van der Waals surface area (Å²) in [5, 5.41) is 11.4. The average Bonchev–Trinajstić information content (AvgIpc) is 2.70. The van der Waals surface area contributed by atoms with E-state index in [9.17, 15) is 9.59 Å². The molecule has 0 bridgehead atoms. The van der Waals surface area contributed by atoms with Crippen molar-refractivity contribution in [2.45, 2.75) is 122 Å². The van der Waals surface area contributed by atoms with Crippen LogP contribution in [0.2, 0.25) is 0 Å². The first kappa shape index (κ1) is 27.7. The Balaban J connectivity index is 3.20. The van der Waals surface area contributed by atoms with Gasteiger partial charge in [-0.05, 0) is 25.7 Å². The van der Waals surface area contributed by atoms with Crippen molar-refractivity contribution in [2.24, 2.45) is 5.73 Å². The first-order valence-electron chi connectivity index (χ1n) is 12.0. The van der Waals surface area contributed by atoms with Crippen molar-refractivity contribution in [3.63, 3.8) is 0 Å². The molecule has 4 N–H and O–H groups in total. The lowest BCUT2D eigenvalue weighted by Crippen LogP contribution is -2.30. The van der Waals surface area contributed by atoms with E-state index in [4.69, 9.17) is 15.6 Å². The summed E-state index contributed by atoms with van der Waals surface area (Å²) in [5.41, 5.74) is 5.42. The van der Waals surface area contributed by atoms with Crippen LogP contribution in [0.3, 0.4) is 0 Å². The van der Waals surface area contributed by atoms with E-state index in [0.29, 0.717) is 32.4 Å². The number of rotatable bonds is 21. The number of carboxylic acids is 1. The van der Waals surface area contributed by atoms with Gasteiger partial charge in [0.2, 0.25) is 0 Å². The van der Waals surface area contributed by atoms with Crippen LogP contribution >= 0.6 is 0 Å². The molecule has 0 aromatic rings. The summed E-state index contributed by atoms with van der Waals surface area (Å²) in [6.45, 7) is 3.22. The molecule has 1 atom stereocenters. The van der Waals surface area contributed by atoms with Crippen molar-refractivity contribution < 1.29 is 19.4 Å². The van der Waals surface area contributed by atoms with Gasteiger partial charge >= 0.3 is 12.1 Å². The van der Waals surface area contributed by atoms with Gasteiger partial charge in [-0.2, -0.15) is 0 Å². The molecule has 0 radical (unpaired) electrons. The summed E-state index contributed by atoms with van der Waals surface area (Å²) in [4.78, 5) is 22.1. The fourth-order valence-electron chi connectivity index (χ4n) is 3.32. The Morgan fingerprint density at radius 1 is 0.793 bits per heavy atom. The second-order valence-electron chi connectivity index (χ2n) is 8.10. The third-order valence-corrected chi connectivity index (χ3v) is 5.26. The molecule has 0 fully saturated rings. The van der Waals surface area contributed by atoms with E-state index in [1.54, 1.807) is 0 Å². The highest BCUT2D eigenvalue weighted by Gasteiger charge is 2.10. The lowest BCUT2D eigenvalue weighted by atomic mass is 10.0. The van der Waals surface area contributed by atoms with E-state index in [-0.39, 0.29) is 6.09 Å². The number of carboxylic acid groups (broad SMARTS) is 1. The van der Waals surface area contributed by atoms with Crippen LogP contribution in [0.15, 0.2) is 0 Å². The van der Waals surface area contributed by atoms with Gasteiger partial charge in [0.25, 0.3) is 0 Å². The van der Waals surface area contributed by atoms with Crippen LogP contribution in [-0.2, 0) is 9.53 Å². The zero-order chi connectivity index (χ0) is 21.6. The van der Waals surface area contributed by atoms with Crippen LogP contribution in [0.1, 0.15) is 116 Å². The molecule has 172 valence electrons. The van der Waals surface area contributed by atoms with Crippen molar-refractivity contribution in [1.29, 1.82) is 0 Å². The first-order chi connectivity index (χ1) is 14.1. The molecule has 1 amide bonds. The Kier molecular flexibility index (Phi) is 20.5. The first-order valence-corrected chi connectivity index (χ1v) is 12.0. The number of hydrogen-bond donors (Lipinski definition) is 3. The van der Waals surface area contributed by atoms with Gasteiger partial charge in [0, 0.05) is 6.54 Å². The van der Waals surface area contributed by atoms with E-state index in [0.717, 1.165) is 12.8 Å². The van der Waals surface area contributed by atoms with E-state index in [1.165, 1.54) is 77.0 Å². The maximum atomic E-state index is 11.5. The average molecular weight is 415 g/mol. The molecule has 0 aliphatic heterocycles. The number of unbranched alkanes of at least 4 members (excludes halogenated alkanes) is 14. The number of hydrogen-bond acceptors (Lipinski definition) is 4. The minimum absolute atomic E-state index is 0.387. The summed E-state index contributed by atoms with van der Waals surface area (Å²) < 4.78 is 5.15. The zero-order valence-corrected chi connectivity index (χ0v) is 18.8. The van der Waals surface area contributed by atoms with E-state index in [1.807, 2.05) is 0 Å². The molecule has 0 saturated heterocycles. The van der Waals surface area contributed by atoms with Gasteiger partial charge < -0.3 is 20.9 Å². The second kappa shape index (κ2) is 21.4. The van der Waals surface area contributed by atoms with Gasteiger partial charge in [0.15, 0.2) is 0 Å². The summed E-state index contributed by atoms with van der Waals surface area (Å²) in [5.74, 6) is -0.981. The van der Waals surface area contributed by atoms with Gasteiger partial charge in [-0.25, -0.2) is 4.79 Å². The molecule has 6 nitrogen and oxygen atoms in total. The van der Waals surface area contributed by atoms with Crippen LogP contribution in [0.4, 0.5) is 4.79 Å². The smallest absolute Gasteiger partial charge is 0.407 e. The van der Waals surface area contributed by atoms with Crippen LogP contribution < -0.4 is 11.1 Å². The number of ether oxygens (including phenoxy) is 1. The largest absolute Gasteiger partial charge is 0.480 e. The number of aliphatic carboxylic acids is 1. The lowest BCUT2D eigenvalue weighted by molar-refractivity contribution is -0.138. The second-order valence-corrected chi connectivity index (χ2v) is 8.10. The third-order valence-electron chi connectivity index (χ3n) is 5.26. The molecule has 0 rings (SSSR count). The number of nitrogens with one attached hydrogen (secondary N) is 1. The van der Waals surface area contributed by atoms with Crippen molar-refractivity contribution >= 4 is 12.1 Å². The molecular formula is C23H46N2O4. The van der Waals surface area contributed by atoms with Gasteiger partial charge in [-0.1, -0.05) is 90.4 Å². The van der Waals surface area contributed by atoms with Gasteiger partial charge in [0.1, 0.15) is 6.04 Å². The fraction of sp³-hybridized carbons (Fsp3) is 0.913. The number of alkyl carbamates (subject to hydrolysis) is 1. The SMILES string of the molecule is CCCCCCCCCCCCCCCCOC(=O)NCCCC[C@H](N)C(=O)O. The predicted octanol–water partition coefficient (Wildman–Crippen LogP) is 5.78. The monoisotopic (exact) mass is 414 g/mol. The van der Waals surface area contributed by atoms with Gasteiger partial charge in [0.05, 0.1) is 6.61 Å². The molecule has 29 heavy (non-hydrogen) atoms. The van der Waals surface area contributed by atoms with Crippen molar-refractivity contribution in [2.75, 3.05) is 13.2 Å². The molecule has 0 saturated carbocycles. The van der Waals surface area contributed by atoms with Crippen LogP contribution in [0.5, 0.6) is 0 Å². The number of amides is 1. The topological polar surface area (TPSA) is 102 Å².